The van der Waals surface area contributed by atoms with Crippen LogP contribution < -0.4 is 5.32 Å². The molecular weight excluding hydrogens is 371 g/mol. The fourth-order valence-corrected chi connectivity index (χ4v) is 3.09. The number of pyridine rings is 3. The molecule has 0 unspecified atom stereocenters. The van der Waals surface area contributed by atoms with Gasteiger partial charge in [0.25, 0.3) is 0 Å². The predicted octanol–water partition coefficient (Wildman–Crippen LogP) is 3.77. The Labute approximate surface area is 167 Å². The monoisotopic (exact) mass is 392 g/mol. The van der Waals surface area contributed by atoms with Crippen molar-refractivity contribution in [3.05, 3.63) is 59.9 Å². The standard InChI is InChI=1S/C21H21FN6O/c1-12-9-24-18(20-15(22)5-4-13(2)25-20)8-17(12)26-16-6-7-23-19-11-28(10-14(3)29)27-21(16)19/h4-9,11,14,29H,10H2,1-3H3,(H,24,26)/t14-/m1/s1. The number of aromatic nitrogens is 5. The van der Waals surface area contributed by atoms with Crippen LogP contribution in [-0.2, 0) is 6.54 Å². The van der Waals surface area contributed by atoms with E-state index in [1.54, 1.807) is 42.3 Å². The maximum absolute atomic E-state index is 14.3. The number of aliphatic hydroxyl groups excluding tert-OH is 1. The molecule has 0 aromatic carbocycles. The molecule has 4 heterocycles. The second-order valence-electron chi connectivity index (χ2n) is 7.09. The van der Waals surface area contributed by atoms with Gasteiger partial charge in [0.05, 0.1) is 30.2 Å². The highest BCUT2D eigenvalue weighted by atomic mass is 19.1. The van der Waals surface area contributed by atoms with Crippen molar-refractivity contribution in [1.82, 2.24) is 24.7 Å². The van der Waals surface area contributed by atoms with Gasteiger partial charge in [-0.25, -0.2) is 9.37 Å². The molecule has 0 saturated heterocycles. The number of fused-ring (bicyclic) bond motifs is 1. The summed E-state index contributed by atoms with van der Waals surface area (Å²) in [5.41, 5.74) is 5.22. The van der Waals surface area contributed by atoms with E-state index in [-0.39, 0.29) is 5.69 Å². The topological polar surface area (TPSA) is 88.8 Å². The summed E-state index contributed by atoms with van der Waals surface area (Å²) < 4.78 is 15.9. The average molecular weight is 392 g/mol. The zero-order valence-corrected chi connectivity index (χ0v) is 16.4. The van der Waals surface area contributed by atoms with Crippen LogP contribution in [-0.4, -0.2) is 35.9 Å². The molecule has 148 valence electrons. The van der Waals surface area contributed by atoms with Crippen molar-refractivity contribution in [1.29, 1.82) is 0 Å². The number of halogens is 1. The highest BCUT2D eigenvalue weighted by molar-refractivity contribution is 5.89. The molecule has 29 heavy (non-hydrogen) atoms. The third kappa shape index (κ3) is 3.93. The minimum absolute atomic E-state index is 0.217. The Morgan fingerprint density at radius 3 is 2.79 bits per heavy atom. The van der Waals surface area contributed by atoms with Crippen LogP contribution in [0, 0.1) is 19.7 Å². The molecule has 1 atom stereocenters. The van der Waals surface area contributed by atoms with E-state index in [2.05, 4.69) is 25.4 Å². The molecular formula is C21H21FN6O. The van der Waals surface area contributed by atoms with Crippen molar-refractivity contribution in [2.75, 3.05) is 5.32 Å². The number of nitrogens with one attached hydrogen (secondary N) is 1. The second-order valence-corrected chi connectivity index (χ2v) is 7.09. The third-order valence-electron chi connectivity index (χ3n) is 4.50. The van der Waals surface area contributed by atoms with Gasteiger partial charge in [0.15, 0.2) is 5.82 Å². The normalized spacial score (nSPS) is 12.3. The molecule has 0 aliphatic rings. The van der Waals surface area contributed by atoms with Gasteiger partial charge in [-0.1, -0.05) is 0 Å². The fraction of sp³-hybridized carbons (Fsp3) is 0.238. The van der Waals surface area contributed by atoms with E-state index in [1.807, 2.05) is 19.9 Å². The molecule has 0 amide bonds. The van der Waals surface area contributed by atoms with Gasteiger partial charge in [0.2, 0.25) is 0 Å². The van der Waals surface area contributed by atoms with Crippen molar-refractivity contribution < 1.29 is 9.50 Å². The number of aliphatic hydroxyl groups is 1. The lowest BCUT2D eigenvalue weighted by Crippen LogP contribution is -2.11. The van der Waals surface area contributed by atoms with Gasteiger partial charge in [-0.3, -0.25) is 14.6 Å². The van der Waals surface area contributed by atoms with Crippen LogP contribution in [0.5, 0.6) is 0 Å². The summed E-state index contributed by atoms with van der Waals surface area (Å²) in [7, 11) is 0. The number of rotatable bonds is 5. The first-order chi connectivity index (χ1) is 13.9. The van der Waals surface area contributed by atoms with E-state index in [0.717, 1.165) is 22.6 Å². The maximum atomic E-state index is 14.3. The number of hydrogen-bond acceptors (Lipinski definition) is 6. The Hall–Kier alpha value is -3.39. The van der Waals surface area contributed by atoms with Gasteiger partial charge in [-0.2, -0.15) is 5.10 Å². The Morgan fingerprint density at radius 1 is 1.17 bits per heavy atom. The summed E-state index contributed by atoms with van der Waals surface area (Å²) in [5, 5.41) is 17.5. The molecule has 4 rings (SSSR count). The fourth-order valence-electron chi connectivity index (χ4n) is 3.09. The van der Waals surface area contributed by atoms with E-state index < -0.39 is 11.9 Å². The molecule has 0 fully saturated rings. The minimum Gasteiger partial charge on any atom is -0.391 e. The molecule has 7 nitrogen and oxygen atoms in total. The second kappa shape index (κ2) is 7.56. The molecule has 0 spiro atoms. The molecule has 0 aliphatic heterocycles. The molecule has 0 aliphatic carbocycles. The number of nitrogens with zero attached hydrogens (tertiary/aromatic N) is 5. The molecule has 4 aromatic rings. The highest BCUT2D eigenvalue weighted by Gasteiger charge is 2.13. The third-order valence-corrected chi connectivity index (χ3v) is 4.50. The number of aryl methyl sites for hydroxylation is 2. The first-order valence-electron chi connectivity index (χ1n) is 9.28. The largest absolute Gasteiger partial charge is 0.391 e. The van der Waals surface area contributed by atoms with Crippen molar-refractivity contribution >= 4 is 22.4 Å². The van der Waals surface area contributed by atoms with Gasteiger partial charge >= 0.3 is 0 Å². The van der Waals surface area contributed by atoms with Crippen LogP contribution in [0.25, 0.3) is 22.4 Å². The molecule has 4 aromatic heterocycles. The van der Waals surface area contributed by atoms with Crippen molar-refractivity contribution in [3.63, 3.8) is 0 Å². The van der Waals surface area contributed by atoms with Crippen molar-refractivity contribution in [2.45, 2.75) is 33.4 Å². The van der Waals surface area contributed by atoms with E-state index >= 15 is 0 Å². The zero-order valence-electron chi connectivity index (χ0n) is 16.4. The van der Waals surface area contributed by atoms with Crippen LogP contribution in [0.2, 0.25) is 0 Å². The zero-order chi connectivity index (χ0) is 20.5. The maximum Gasteiger partial charge on any atom is 0.151 e. The van der Waals surface area contributed by atoms with Crippen LogP contribution in [0.3, 0.4) is 0 Å². The Balaban J connectivity index is 1.73. The lowest BCUT2D eigenvalue weighted by atomic mass is 10.1. The summed E-state index contributed by atoms with van der Waals surface area (Å²) in [6.45, 7) is 5.82. The Bertz CT molecular complexity index is 1190. The number of hydrogen-bond donors (Lipinski definition) is 2. The van der Waals surface area contributed by atoms with Gasteiger partial charge in [-0.05, 0) is 50.6 Å². The Morgan fingerprint density at radius 2 is 2.00 bits per heavy atom. The van der Waals surface area contributed by atoms with Crippen LogP contribution in [0.15, 0.2) is 42.9 Å². The average Bonchev–Trinajstić information content (AvgIpc) is 3.08. The summed E-state index contributed by atoms with van der Waals surface area (Å²) in [4.78, 5) is 13.0. The van der Waals surface area contributed by atoms with E-state index in [4.69, 9.17) is 0 Å². The van der Waals surface area contributed by atoms with Gasteiger partial charge in [0.1, 0.15) is 16.7 Å². The first-order valence-corrected chi connectivity index (χ1v) is 9.28. The van der Waals surface area contributed by atoms with Gasteiger partial charge in [0, 0.05) is 23.8 Å². The van der Waals surface area contributed by atoms with Gasteiger partial charge in [-0.15, -0.1) is 0 Å². The highest BCUT2D eigenvalue weighted by Crippen LogP contribution is 2.29. The van der Waals surface area contributed by atoms with Crippen LogP contribution in [0.1, 0.15) is 18.2 Å². The van der Waals surface area contributed by atoms with E-state index in [9.17, 15) is 9.50 Å². The lowest BCUT2D eigenvalue weighted by molar-refractivity contribution is 0.169. The van der Waals surface area contributed by atoms with Crippen LogP contribution >= 0.6 is 0 Å². The SMILES string of the molecule is Cc1ccc(F)c(-c2cc(Nc3ccnc4cn(C[C@@H](C)O)nc34)c(C)cn2)n1. The van der Waals surface area contributed by atoms with Gasteiger partial charge < -0.3 is 10.4 Å². The van der Waals surface area contributed by atoms with Crippen molar-refractivity contribution in [3.8, 4) is 11.4 Å². The van der Waals surface area contributed by atoms with Crippen LogP contribution in [0.4, 0.5) is 15.8 Å². The van der Waals surface area contributed by atoms with E-state index in [1.165, 1.54) is 6.07 Å². The quantitative estimate of drug-likeness (QED) is 0.537. The minimum atomic E-state index is -0.512. The molecule has 0 saturated carbocycles. The molecule has 0 radical (unpaired) electrons. The summed E-state index contributed by atoms with van der Waals surface area (Å²) in [6, 6.07) is 6.63. The summed E-state index contributed by atoms with van der Waals surface area (Å²) in [5.74, 6) is -0.416. The summed E-state index contributed by atoms with van der Waals surface area (Å²) in [6.07, 6.45) is 4.66. The molecule has 8 heteroatoms. The molecule has 2 N–H and O–H groups in total. The lowest BCUT2D eigenvalue weighted by Gasteiger charge is -2.12. The van der Waals surface area contributed by atoms with E-state index in [0.29, 0.717) is 23.3 Å². The summed E-state index contributed by atoms with van der Waals surface area (Å²) >= 11 is 0. The first kappa shape index (κ1) is 18.9. The number of anilines is 2. The molecule has 0 bridgehead atoms. The predicted molar refractivity (Wildman–Crippen MR) is 109 cm³/mol. The van der Waals surface area contributed by atoms with Crippen molar-refractivity contribution in [2.24, 2.45) is 0 Å². The Kier molecular flexibility index (Phi) is 4.94. The smallest absolute Gasteiger partial charge is 0.151 e.